The predicted molar refractivity (Wildman–Crippen MR) is 66.3 cm³/mol. The van der Waals surface area contributed by atoms with Crippen molar-refractivity contribution < 1.29 is 9.59 Å². The summed E-state index contributed by atoms with van der Waals surface area (Å²) < 4.78 is 0. The van der Waals surface area contributed by atoms with Gasteiger partial charge in [-0.1, -0.05) is 6.92 Å². The second-order valence-corrected chi connectivity index (χ2v) is 4.71. The van der Waals surface area contributed by atoms with Gasteiger partial charge in [0.15, 0.2) is 0 Å². The summed E-state index contributed by atoms with van der Waals surface area (Å²) in [5.74, 6) is 0.118. The molecular formula is C12H23N3O2. The molecule has 1 rings (SSSR count). The number of hydrogen-bond acceptors (Lipinski definition) is 3. The van der Waals surface area contributed by atoms with Crippen LogP contribution in [0.25, 0.3) is 0 Å². The van der Waals surface area contributed by atoms with Crippen LogP contribution in [-0.4, -0.2) is 41.9 Å². The van der Waals surface area contributed by atoms with Crippen molar-refractivity contribution in [2.24, 2.45) is 5.73 Å². The van der Waals surface area contributed by atoms with Crippen molar-refractivity contribution in [1.29, 1.82) is 0 Å². The Morgan fingerprint density at radius 1 is 1.41 bits per heavy atom. The van der Waals surface area contributed by atoms with Gasteiger partial charge in [0.2, 0.25) is 11.8 Å². The van der Waals surface area contributed by atoms with E-state index in [1.54, 1.807) is 11.8 Å². The molecule has 0 aromatic heterocycles. The second kappa shape index (κ2) is 6.59. The van der Waals surface area contributed by atoms with E-state index in [0.29, 0.717) is 19.5 Å². The number of likely N-dealkylation sites (tertiary alicyclic amines) is 1. The highest BCUT2D eigenvalue weighted by Crippen LogP contribution is 2.11. The van der Waals surface area contributed by atoms with Gasteiger partial charge >= 0.3 is 0 Å². The molecule has 1 atom stereocenters. The fourth-order valence-electron chi connectivity index (χ4n) is 2.06. The minimum Gasteiger partial charge on any atom is -0.353 e. The van der Waals surface area contributed by atoms with Crippen LogP contribution in [0.1, 0.15) is 39.5 Å². The van der Waals surface area contributed by atoms with Gasteiger partial charge in [0.05, 0.1) is 6.04 Å². The largest absolute Gasteiger partial charge is 0.353 e. The van der Waals surface area contributed by atoms with E-state index in [4.69, 9.17) is 5.73 Å². The van der Waals surface area contributed by atoms with Crippen LogP contribution in [0.5, 0.6) is 0 Å². The molecule has 1 unspecified atom stereocenters. The van der Waals surface area contributed by atoms with Gasteiger partial charge in [-0.2, -0.15) is 0 Å². The van der Waals surface area contributed by atoms with Crippen LogP contribution < -0.4 is 11.1 Å². The molecule has 0 saturated carbocycles. The van der Waals surface area contributed by atoms with Crippen LogP contribution in [0.3, 0.4) is 0 Å². The second-order valence-electron chi connectivity index (χ2n) is 4.71. The Labute approximate surface area is 103 Å². The molecular weight excluding hydrogens is 218 g/mol. The number of rotatable bonds is 4. The van der Waals surface area contributed by atoms with Gasteiger partial charge in [-0.25, -0.2) is 0 Å². The Bertz CT molecular complexity index is 271. The van der Waals surface area contributed by atoms with Gasteiger partial charge in [0, 0.05) is 25.6 Å². The minimum absolute atomic E-state index is 0.00309. The van der Waals surface area contributed by atoms with Crippen LogP contribution in [0.2, 0.25) is 0 Å². The molecule has 1 aliphatic heterocycles. The van der Waals surface area contributed by atoms with Crippen molar-refractivity contribution in [1.82, 2.24) is 10.2 Å². The molecule has 1 heterocycles. The van der Waals surface area contributed by atoms with E-state index in [9.17, 15) is 9.59 Å². The van der Waals surface area contributed by atoms with Crippen molar-refractivity contribution in [3.05, 3.63) is 0 Å². The summed E-state index contributed by atoms with van der Waals surface area (Å²) in [5.41, 5.74) is 5.56. The fraction of sp³-hybridized carbons (Fsp3) is 0.833. The Kier molecular flexibility index (Phi) is 5.41. The quantitative estimate of drug-likeness (QED) is 0.740. The summed E-state index contributed by atoms with van der Waals surface area (Å²) in [5, 5.41) is 3.00. The van der Waals surface area contributed by atoms with Crippen molar-refractivity contribution in [2.75, 3.05) is 13.1 Å². The normalized spacial score (nSPS) is 18.9. The van der Waals surface area contributed by atoms with E-state index in [1.165, 1.54) is 0 Å². The van der Waals surface area contributed by atoms with Crippen molar-refractivity contribution >= 4 is 11.8 Å². The van der Waals surface area contributed by atoms with Crippen LogP contribution >= 0.6 is 0 Å². The summed E-state index contributed by atoms with van der Waals surface area (Å²) >= 11 is 0. The first kappa shape index (κ1) is 14.0. The standard InChI is InChI=1S/C12H23N3O2/c1-3-4-11(16)14-10-5-7-15(8-6-10)12(17)9(2)13/h9-10H,3-8,13H2,1-2H3,(H,14,16). The molecule has 0 aromatic carbocycles. The average molecular weight is 241 g/mol. The number of hydrogen-bond donors (Lipinski definition) is 2. The van der Waals surface area contributed by atoms with E-state index < -0.39 is 6.04 Å². The lowest BCUT2D eigenvalue weighted by Crippen LogP contribution is -2.50. The number of carbonyl (C=O) groups excluding carboxylic acids is 2. The molecule has 98 valence electrons. The van der Waals surface area contributed by atoms with Gasteiger partial charge < -0.3 is 16.0 Å². The number of amides is 2. The maximum absolute atomic E-state index is 11.6. The molecule has 3 N–H and O–H groups in total. The van der Waals surface area contributed by atoms with Gasteiger partial charge in [0.1, 0.15) is 0 Å². The van der Waals surface area contributed by atoms with Gasteiger partial charge in [-0.3, -0.25) is 9.59 Å². The minimum atomic E-state index is -0.429. The summed E-state index contributed by atoms with van der Waals surface area (Å²) in [7, 11) is 0. The van der Waals surface area contributed by atoms with E-state index in [-0.39, 0.29) is 17.9 Å². The molecule has 2 amide bonds. The Morgan fingerprint density at radius 2 is 2.00 bits per heavy atom. The molecule has 0 spiro atoms. The summed E-state index contributed by atoms with van der Waals surface area (Å²) in [6, 6.07) is -0.215. The number of nitrogens with two attached hydrogens (primary N) is 1. The molecule has 0 aliphatic carbocycles. The molecule has 1 fully saturated rings. The number of nitrogens with zero attached hydrogens (tertiary/aromatic N) is 1. The Hall–Kier alpha value is -1.10. The average Bonchev–Trinajstić information content (AvgIpc) is 2.29. The molecule has 0 bridgehead atoms. The smallest absolute Gasteiger partial charge is 0.239 e. The summed E-state index contributed by atoms with van der Waals surface area (Å²) in [4.78, 5) is 24.9. The molecule has 1 saturated heterocycles. The zero-order valence-corrected chi connectivity index (χ0v) is 10.7. The highest BCUT2D eigenvalue weighted by molar-refractivity contribution is 5.81. The lowest BCUT2D eigenvalue weighted by Gasteiger charge is -2.33. The first-order valence-corrected chi connectivity index (χ1v) is 6.38. The van der Waals surface area contributed by atoms with Crippen LogP contribution in [0, 0.1) is 0 Å². The highest BCUT2D eigenvalue weighted by atomic mass is 16.2. The molecule has 17 heavy (non-hydrogen) atoms. The first-order chi connectivity index (χ1) is 8.04. The Morgan fingerprint density at radius 3 is 2.47 bits per heavy atom. The third-order valence-electron chi connectivity index (χ3n) is 3.04. The van der Waals surface area contributed by atoms with E-state index in [1.807, 2.05) is 6.92 Å². The van der Waals surface area contributed by atoms with Crippen LogP contribution in [0.4, 0.5) is 0 Å². The highest BCUT2D eigenvalue weighted by Gasteiger charge is 2.24. The van der Waals surface area contributed by atoms with Crippen molar-refractivity contribution in [2.45, 2.75) is 51.6 Å². The first-order valence-electron chi connectivity index (χ1n) is 6.38. The van der Waals surface area contributed by atoms with Gasteiger partial charge in [-0.15, -0.1) is 0 Å². The number of carbonyl (C=O) groups is 2. The molecule has 5 heteroatoms. The Balaban J connectivity index is 2.31. The van der Waals surface area contributed by atoms with Crippen LogP contribution in [-0.2, 0) is 9.59 Å². The predicted octanol–water partition coefficient (Wildman–Crippen LogP) is 0.241. The van der Waals surface area contributed by atoms with E-state index in [2.05, 4.69) is 5.32 Å². The molecule has 1 aliphatic rings. The SMILES string of the molecule is CCCC(=O)NC1CCN(C(=O)C(C)N)CC1. The maximum atomic E-state index is 11.6. The zero-order chi connectivity index (χ0) is 12.8. The monoisotopic (exact) mass is 241 g/mol. The summed E-state index contributed by atoms with van der Waals surface area (Å²) in [6.45, 7) is 5.08. The topological polar surface area (TPSA) is 75.4 Å². The van der Waals surface area contributed by atoms with E-state index in [0.717, 1.165) is 19.3 Å². The summed E-state index contributed by atoms with van der Waals surface area (Å²) in [6.07, 6.45) is 3.11. The zero-order valence-electron chi connectivity index (χ0n) is 10.7. The maximum Gasteiger partial charge on any atom is 0.239 e. The lowest BCUT2D eigenvalue weighted by molar-refractivity contribution is -0.133. The lowest BCUT2D eigenvalue weighted by atomic mass is 10.0. The van der Waals surface area contributed by atoms with Gasteiger partial charge in [0.25, 0.3) is 0 Å². The fourth-order valence-corrected chi connectivity index (χ4v) is 2.06. The molecule has 5 nitrogen and oxygen atoms in total. The van der Waals surface area contributed by atoms with Gasteiger partial charge in [-0.05, 0) is 26.2 Å². The number of piperidine rings is 1. The van der Waals surface area contributed by atoms with Crippen LogP contribution in [0.15, 0.2) is 0 Å². The van der Waals surface area contributed by atoms with E-state index >= 15 is 0 Å². The third-order valence-corrected chi connectivity index (χ3v) is 3.04. The van der Waals surface area contributed by atoms with Crippen molar-refractivity contribution in [3.8, 4) is 0 Å². The number of nitrogens with one attached hydrogen (secondary N) is 1. The van der Waals surface area contributed by atoms with Crippen molar-refractivity contribution in [3.63, 3.8) is 0 Å². The molecule has 0 aromatic rings. The third kappa shape index (κ3) is 4.34. The molecule has 0 radical (unpaired) electrons.